The lowest BCUT2D eigenvalue weighted by atomic mass is 10.2. The molecule has 2 rings (SSSR count). The molecule has 1 aromatic heterocycles. The zero-order valence-electron chi connectivity index (χ0n) is 9.98. The molecule has 6 heteroatoms. The second-order valence-electron chi connectivity index (χ2n) is 3.84. The zero-order valence-corrected chi connectivity index (χ0v) is 10.8. The summed E-state index contributed by atoms with van der Waals surface area (Å²) in [5.41, 5.74) is 0.943. The fourth-order valence-corrected chi connectivity index (χ4v) is 2.56. The molecular weight excluding hydrogens is 264 g/mol. The normalized spacial score (nSPS) is 11.2. The molecule has 5 nitrogen and oxygen atoms in total. The van der Waals surface area contributed by atoms with Gasteiger partial charge in [0.1, 0.15) is 6.29 Å². The summed E-state index contributed by atoms with van der Waals surface area (Å²) >= 11 is 0. The van der Waals surface area contributed by atoms with E-state index in [0.717, 1.165) is 0 Å². The van der Waals surface area contributed by atoms with Gasteiger partial charge < -0.3 is 0 Å². The molecule has 0 fully saturated rings. The summed E-state index contributed by atoms with van der Waals surface area (Å²) in [7, 11) is -3.64. The number of benzene rings is 1. The predicted octanol–water partition coefficient (Wildman–Crippen LogP) is 1.37. The van der Waals surface area contributed by atoms with Gasteiger partial charge in [-0.25, -0.2) is 13.1 Å². The van der Waals surface area contributed by atoms with Crippen LogP contribution in [0.2, 0.25) is 0 Å². The number of sulfonamides is 1. The van der Waals surface area contributed by atoms with E-state index in [0.29, 0.717) is 17.5 Å². The minimum atomic E-state index is -3.64. The van der Waals surface area contributed by atoms with Crippen LogP contribution < -0.4 is 4.72 Å². The van der Waals surface area contributed by atoms with E-state index in [2.05, 4.69) is 9.71 Å². The summed E-state index contributed by atoms with van der Waals surface area (Å²) in [4.78, 5) is 14.7. The number of hydrogen-bond acceptors (Lipinski definition) is 4. The third kappa shape index (κ3) is 3.46. The van der Waals surface area contributed by atoms with Crippen LogP contribution in [0.3, 0.4) is 0 Å². The first-order chi connectivity index (χ1) is 9.12. The van der Waals surface area contributed by atoms with Gasteiger partial charge in [0, 0.05) is 11.8 Å². The molecule has 1 aromatic carbocycles. The molecule has 0 radical (unpaired) electrons. The summed E-state index contributed by atoms with van der Waals surface area (Å²) in [6.07, 6.45) is 2.20. The Morgan fingerprint density at radius 3 is 2.68 bits per heavy atom. The lowest BCUT2D eigenvalue weighted by molar-refractivity contribution is 0.112. The van der Waals surface area contributed by atoms with Crippen LogP contribution in [-0.2, 0) is 16.6 Å². The molecule has 0 saturated heterocycles. The Hall–Kier alpha value is -2.05. The SMILES string of the molecule is O=Cc1cccc(S(=O)(=O)NCc2ccccn2)c1. The third-order valence-electron chi connectivity index (χ3n) is 2.47. The van der Waals surface area contributed by atoms with E-state index in [1.54, 1.807) is 30.5 Å². The monoisotopic (exact) mass is 276 g/mol. The van der Waals surface area contributed by atoms with E-state index in [4.69, 9.17) is 0 Å². The molecule has 19 heavy (non-hydrogen) atoms. The van der Waals surface area contributed by atoms with E-state index in [-0.39, 0.29) is 11.4 Å². The maximum atomic E-state index is 12.0. The molecule has 0 amide bonds. The molecule has 1 heterocycles. The van der Waals surface area contributed by atoms with Gasteiger partial charge in [-0.15, -0.1) is 0 Å². The highest BCUT2D eigenvalue weighted by molar-refractivity contribution is 7.89. The second kappa shape index (κ2) is 5.73. The maximum Gasteiger partial charge on any atom is 0.240 e. The molecule has 0 spiro atoms. The molecule has 0 aliphatic heterocycles. The first-order valence-electron chi connectivity index (χ1n) is 5.56. The topological polar surface area (TPSA) is 76.1 Å². The molecule has 98 valence electrons. The predicted molar refractivity (Wildman–Crippen MR) is 70.1 cm³/mol. The highest BCUT2D eigenvalue weighted by Gasteiger charge is 2.14. The van der Waals surface area contributed by atoms with Gasteiger partial charge in [-0.05, 0) is 24.3 Å². The van der Waals surface area contributed by atoms with E-state index in [1.807, 2.05) is 0 Å². The number of pyridine rings is 1. The number of nitrogens with one attached hydrogen (secondary N) is 1. The van der Waals surface area contributed by atoms with Gasteiger partial charge >= 0.3 is 0 Å². The van der Waals surface area contributed by atoms with Crippen LogP contribution in [0.5, 0.6) is 0 Å². The molecule has 0 bridgehead atoms. The van der Waals surface area contributed by atoms with E-state index >= 15 is 0 Å². The maximum absolute atomic E-state index is 12.0. The van der Waals surface area contributed by atoms with Gasteiger partial charge in [-0.3, -0.25) is 9.78 Å². The number of hydrogen-bond donors (Lipinski definition) is 1. The highest BCUT2D eigenvalue weighted by atomic mass is 32.2. The molecule has 0 unspecified atom stereocenters. The Kier molecular flexibility index (Phi) is 4.03. The van der Waals surface area contributed by atoms with Crippen LogP contribution in [0.15, 0.2) is 53.6 Å². The standard InChI is InChI=1S/C13H12N2O3S/c16-10-11-4-3-6-13(8-11)19(17,18)15-9-12-5-1-2-7-14-12/h1-8,10,15H,9H2. The van der Waals surface area contributed by atoms with Crippen LogP contribution in [-0.4, -0.2) is 19.7 Å². The number of aldehydes is 1. The Bertz CT molecular complexity index is 669. The van der Waals surface area contributed by atoms with Crippen molar-refractivity contribution in [1.82, 2.24) is 9.71 Å². The third-order valence-corrected chi connectivity index (χ3v) is 3.87. The molecule has 0 saturated carbocycles. The van der Waals surface area contributed by atoms with Crippen molar-refractivity contribution in [3.8, 4) is 0 Å². The van der Waals surface area contributed by atoms with Crippen LogP contribution in [0.4, 0.5) is 0 Å². The Morgan fingerprint density at radius 2 is 2.00 bits per heavy atom. The summed E-state index contributed by atoms with van der Waals surface area (Å²) in [5.74, 6) is 0. The second-order valence-corrected chi connectivity index (χ2v) is 5.60. The van der Waals surface area contributed by atoms with Crippen molar-refractivity contribution in [1.29, 1.82) is 0 Å². The Balaban J connectivity index is 2.16. The van der Waals surface area contributed by atoms with Crippen molar-refractivity contribution in [2.75, 3.05) is 0 Å². The fourth-order valence-electron chi connectivity index (χ4n) is 1.51. The van der Waals surface area contributed by atoms with Gasteiger partial charge in [0.25, 0.3) is 0 Å². The lowest BCUT2D eigenvalue weighted by Gasteiger charge is -2.06. The van der Waals surface area contributed by atoms with Crippen molar-refractivity contribution in [2.24, 2.45) is 0 Å². The highest BCUT2D eigenvalue weighted by Crippen LogP contribution is 2.10. The summed E-state index contributed by atoms with van der Waals surface area (Å²) in [6, 6.07) is 11.1. The number of carbonyl (C=O) groups is 1. The average Bonchev–Trinajstić information content (AvgIpc) is 2.46. The number of aromatic nitrogens is 1. The Labute approximate surface area is 111 Å². The van der Waals surface area contributed by atoms with Gasteiger partial charge in [0.05, 0.1) is 17.1 Å². The van der Waals surface area contributed by atoms with Gasteiger partial charge in [-0.1, -0.05) is 18.2 Å². The summed E-state index contributed by atoms with van der Waals surface area (Å²) < 4.78 is 26.5. The zero-order chi connectivity index (χ0) is 13.7. The first-order valence-corrected chi connectivity index (χ1v) is 7.05. The van der Waals surface area contributed by atoms with Crippen LogP contribution in [0.25, 0.3) is 0 Å². The molecule has 0 aliphatic carbocycles. The molecular formula is C13H12N2O3S. The van der Waals surface area contributed by atoms with Gasteiger partial charge in [0.2, 0.25) is 10.0 Å². The average molecular weight is 276 g/mol. The van der Waals surface area contributed by atoms with Crippen LogP contribution >= 0.6 is 0 Å². The quantitative estimate of drug-likeness (QED) is 0.837. The first kappa shape index (κ1) is 13.4. The van der Waals surface area contributed by atoms with Crippen molar-refractivity contribution >= 4 is 16.3 Å². The minimum absolute atomic E-state index is 0.0630. The fraction of sp³-hybridized carbons (Fsp3) is 0.0769. The van der Waals surface area contributed by atoms with Gasteiger partial charge in [-0.2, -0.15) is 0 Å². The summed E-state index contributed by atoms with van der Waals surface area (Å²) in [6.45, 7) is 0.106. The molecule has 2 aromatic rings. The van der Waals surface area contributed by atoms with E-state index < -0.39 is 10.0 Å². The molecule has 0 atom stereocenters. The van der Waals surface area contributed by atoms with Crippen molar-refractivity contribution in [3.05, 3.63) is 59.9 Å². The largest absolute Gasteiger partial charge is 0.298 e. The summed E-state index contributed by atoms with van der Waals surface area (Å²) in [5, 5.41) is 0. The smallest absolute Gasteiger partial charge is 0.240 e. The number of rotatable bonds is 5. The molecule has 0 aliphatic rings. The van der Waals surface area contributed by atoms with E-state index in [9.17, 15) is 13.2 Å². The van der Waals surface area contributed by atoms with E-state index in [1.165, 1.54) is 18.2 Å². The van der Waals surface area contributed by atoms with Crippen LogP contribution in [0, 0.1) is 0 Å². The number of carbonyl (C=O) groups excluding carboxylic acids is 1. The van der Waals surface area contributed by atoms with Crippen molar-refractivity contribution < 1.29 is 13.2 Å². The lowest BCUT2D eigenvalue weighted by Crippen LogP contribution is -2.23. The Morgan fingerprint density at radius 1 is 1.16 bits per heavy atom. The van der Waals surface area contributed by atoms with Crippen molar-refractivity contribution in [2.45, 2.75) is 11.4 Å². The van der Waals surface area contributed by atoms with Crippen molar-refractivity contribution in [3.63, 3.8) is 0 Å². The number of nitrogens with zero attached hydrogens (tertiary/aromatic N) is 1. The molecule has 1 N–H and O–H groups in total. The van der Waals surface area contributed by atoms with Crippen LogP contribution in [0.1, 0.15) is 16.1 Å². The minimum Gasteiger partial charge on any atom is -0.298 e. The van der Waals surface area contributed by atoms with Gasteiger partial charge in [0.15, 0.2) is 0 Å².